The highest BCUT2D eigenvalue weighted by Gasteiger charge is 2.13. The van der Waals surface area contributed by atoms with Gasteiger partial charge in [0.2, 0.25) is 0 Å². The van der Waals surface area contributed by atoms with Crippen LogP contribution in [0, 0.1) is 6.92 Å². The lowest BCUT2D eigenvalue weighted by Crippen LogP contribution is -2.16. The van der Waals surface area contributed by atoms with Gasteiger partial charge in [-0.2, -0.15) is 5.10 Å². The van der Waals surface area contributed by atoms with Crippen LogP contribution in [0.5, 0.6) is 0 Å². The van der Waals surface area contributed by atoms with E-state index in [-0.39, 0.29) is 6.04 Å². The van der Waals surface area contributed by atoms with Crippen LogP contribution in [0.4, 0.5) is 0 Å². The van der Waals surface area contributed by atoms with Gasteiger partial charge in [0, 0.05) is 23.1 Å². The Morgan fingerprint density at radius 3 is 2.62 bits per heavy atom. The van der Waals surface area contributed by atoms with Gasteiger partial charge in [-0.05, 0) is 49.1 Å². The molecule has 0 saturated carbocycles. The molecule has 0 spiro atoms. The molecule has 1 unspecified atom stereocenters. The molecule has 21 heavy (non-hydrogen) atoms. The minimum Gasteiger partial charge on any atom is -0.324 e. The van der Waals surface area contributed by atoms with Gasteiger partial charge in [0.25, 0.3) is 0 Å². The second kappa shape index (κ2) is 7.23. The molecule has 2 N–H and O–H groups in total. The van der Waals surface area contributed by atoms with E-state index in [1.165, 1.54) is 11.1 Å². The fourth-order valence-corrected chi connectivity index (χ4v) is 3.08. The van der Waals surface area contributed by atoms with Gasteiger partial charge in [-0.1, -0.05) is 35.8 Å². The fraction of sp³-hybridized carbons (Fsp3) is 0.471. The quantitative estimate of drug-likeness (QED) is 0.830. The van der Waals surface area contributed by atoms with Gasteiger partial charge in [0.15, 0.2) is 0 Å². The SMILES string of the molecule is CCC(CC)n1ccc(CC(N)c2cc(Br)ccc2C)n1. The second-order valence-corrected chi connectivity index (χ2v) is 6.48. The number of benzene rings is 1. The van der Waals surface area contributed by atoms with Gasteiger partial charge in [0.1, 0.15) is 0 Å². The first-order chi connectivity index (χ1) is 10.0. The van der Waals surface area contributed by atoms with Crippen LogP contribution >= 0.6 is 15.9 Å². The summed E-state index contributed by atoms with van der Waals surface area (Å²) >= 11 is 3.52. The van der Waals surface area contributed by atoms with Crippen LogP contribution in [-0.2, 0) is 6.42 Å². The van der Waals surface area contributed by atoms with Crippen molar-refractivity contribution in [2.24, 2.45) is 5.73 Å². The van der Waals surface area contributed by atoms with E-state index in [9.17, 15) is 0 Å². The molecule has 0 radical (unpaired) electrons. The van der Waals surface area contributed by atoms with Gasteiger partial charge in [-0.3, -0.25) is 4.68 Å². The van der Waals surface area contributed by atoms with E-state index in [0.29, 0.717) is 6.04 Å². The molecule has 0 aliphatic carbocycles. The van der Waals surface area contributed by atoms with Crippen LogP contribution in [0.15, 0.2) is 34.9 Å². The third-order valence-electron chi connectivity index (χ3n) is 4.05. The third kappa shape index (κ3) is 3.95. The van der Waals surface area contributed by atoms with Crippen LogP contribution in [0.25, 0.3) is 0 Å². The van der Waals surface area contributed by atoms with Crippen molar-refractivity contribution in [3.05, 3.63) is 51.8 Å². The lowest BCUT2D eigenvalue weighted by molar-refractivity contribution is 0.424. The molecular weight excluding hydrogens is 326 g/mol. The van der Waals surface area contributed by atoms with E-state index < -0.39 is 0 Å². The summed E-state index contributed by atoms with van der Waals surface area (Å²) < 4.78 is 3.15. The molecule has 2 rings (SSSR count). The first kappa shape index (κ1) is 16.2. The second-order valence-electron chi connectivity index (χ2n) is 5.57. The zero-order valence-corrected chi connectivity index (χ0v) is 14.6. The molecule has 4 heteroatoms. The molecule has 114 valence electrons. The summed E-state index contributed by atoms with van der Waals surface area (Å²) in [5.41, 5.74) is 9.85. The predicted molar refractivity (Wildman–Crippen MR) is 91.4 cm³/mol. The fourth-order valence-electron chi connectivity index (χ4n) is 2.70. The van der Waals surface area contributed by atoms with Crippen molar-refractivity contribution in [2.75, 3.05) is 0 Å². The molecule has 0 amide bonds. The first-order valence-corrected chi connectivity index (χ1v) is 8.40. The van der Waals surface area contributed by atoms with E-state index in [1.54, 1.807) is 0 Å². The Balaban J connectivity index is 2.12. The average Bonchev–Trinajstić information content (AvgIpc) is 2.91. The largest absolute Gasteiger partial charge is 0.324 e. The number of aromatic nitrogens is 2. The van der Waals surface area contributed by atoms with E-state index in [2.05, 4.69) is 65.8 Å². The van der Waals surface area contributed by atoms with Crippen molar-refractivity contribution in [1.29, 1.82) is 0 Å². The van der Waals surface area contributed by atoms with Gasteiger partial charge in [-0.25, -0.2) is 0 Å². The summed E-state index contributed by atoms with van der Waals surface area (Å²) in [5, 5.41) is 4.69. The normalized spacial score (nSPS) is 12.9. The Morgan fingerprint density at radius 2 is 1.95 bits per heavy atom. The lowest BCUT2D eigenvalue weighted by Gasteiger charge is -2.15. The van der Waals surface area contributed by atoms with Crippen molar-refractivity contribution < 1.29 is 0 Å². The Hall–Kier alpha value is -1.13. The van der Waals surface area contributed by atoms with Crippen LogP contribution in [0.1, 0.15) is 55.6 Å². The molecule has 0 bridgehead atoms. The topological polar surface area (TPSA) is 43.8 Å². The Kier molecular flexibility index (Phi) is 5.59. The summed E-state index contributed by atoms with van der Waals surface area (Å²) in [6.45, 7) is 6.50. The molecule has 0 fully saturated rings. The minimum atomic E-state index is -0.0208. The Labute approximate surface area is 135 Å². The number of aryl methyl sites for hydroxylation is 1. The highest BCUT2D eigenvalue weighted by Crippen LogP contribution is 2.23. The van der Waals surface area contributed by atoms with Crippen molar-refractivity contribution in [1.82, 2.24) is 9.78 Å². The molecule has 0 aliphatic heterocycles. The van der Waals surface area contributed by atoms with Gasteiger partial charge in [-0.15, -0.1) is 0 Å². The van der Waals surface area contributed by atoms with E-state index in [1.807, 2.05) is 6.07 Å². The summed E-state index contributed by atoms with van der Waals surface area (Å²) in [4.78, 5) is 0. The lowest BCUT2D eigenvalue weighted by atomic mass is 9.98. The highest BCUT2D eigenvalue weighted by atomic mass is 79.9. The Morgan fingerprint density at radius 1 is 1.24 bits per heavy atom. The number of hydrogen-bond donors (Lipinski definition) is 1. The van der Waals surface area contributed by atoms with Crippen molar-refractivity contribution >= 4 is 15.9 Å². The summed E-state index contributed by atoms with van der Waals surface area (Å²) in [6.07, 6.45) is 5.06. The van der Waals surface area contributed by atoms with Gasteiger partial charge in [0.05, 0.1) is 11.7 Å². The van der Waals surface area contributed by atoms with Crippen molar-refractivity contribution in [3.8, 4) is 0 Å². The van der Waals surface area contributed by atoms with Crippen LogP contribution in [-0.4, -0.2) is 9.78 Å². The maximum Gasteiger partial charge on any atom is 0.0643 e. The molecular formula is C17H24BrN3. The van der Waals surface area contributed by atoms with E-state index in [4.69, 9.17) is 10.8 Å². The Bertz CT molecular complexity index is 587. The summed E-state index contributed by atoms with van der Waals surface area (Å²) in [5.74, 6) is 0. The maximum absolute atomic E-state index is 6.38. The van der Waals surface area contributed by atoms with Crippen molar-refractivity contribution in [3.63, 3.8) is 0 Å². The minimum absolute atomic E-state index is 0.0208. The molecule has 3 nitrogen and oxygen atoms in total. The molecule has 1 aromatic carbocycles. The molecule has 1 heterocycles. The smallest absolute Gasteiger partial charge is 0.0643 e. The van der Waals surface area contributed by atoms with Gasteiger partial charge >= 0.3 is 0 Å². The van der Waals surface area contributed by atoms with Crippen molar-refractivity contribution in [2.45, 2.75) is 52.1 Å². The molecule has 1 atom stereocenters. The van der Waals surface area contributed by atoms with Crippen LogP contribution in [0.3, 0.4) is 0 Å². The zero-order valence-electron chi connectivity index (χ0n) is 13.0. The monoisotopic (exact) mass is 349 g/mol. The molecule has 0 aliphatic rings. The summed E-state index contributed by atoms with van der Waals surface area (Å²) in [7, 11) is 0. The standard InChI is InChI=1S/C17H24BrN3/c1-4-15(5-2)21-9-8-14(20-21)11-17(19)16-10-13(18)7-6-12(16)3/h6-10,15,17H,4-5,11,19H2,1-3H3. The van der Waals surface area contributed by atoms with Crippen LogP contribution < -0.4 is 5.73 Å². The number of nitrogens with zero attached hydrogens (tertiary/aromatic N) is 2. The van der Waals surface area contributed by atoms with E-state index >= 15 is 0 Å². The van der Waals surface area contributed by atoms with Gasteiger partial charge < -0.3 is 5.73 Å². The highest BCUT2D eigenvalue weighted by molar-refractivity contribution is 9.10. The third-order valence-corrected chi connectivity index (χ3v) is 4.54. The summed E-state index contributed by atoms with van der Waals surface area (Å²) in [6, 6.07) is 8.81. The predicted octanol–water partition coefficient (Wildman–Crippen LogP) is 4.56. The maximum atomic E-state index is 6.38. The van der Waals surface area contributed by atoms with Crippen LogP contribution in [0.2, 0.25) is 0 Å². The number of hydrogen-bond acceptors (Lipinski definition) is 2. The molecule has 2 aromatic rings. The molecule has 0 saturated heterocycles. The number of rotatable bonds is 6. The van der Waals surface area contributed by atoms with E-state index in [0.717, 1.165) is 29.4 Å². The molecule has 1 aromatic heterocycles. The number of nitrogens with two attached hydrogens (primary N) is 1. The first-order valence-electron chi connectivity index (χ1n) is 7.60. The zero-order chi connectivity index (χ0) is 15.4. The average molecular weight is 350 g/mol. The number of halogens is 1.